The average molecular weight is 402 g/mol. The van der Waals surface area contributed by atoms with Crippen LogP contribution < -0.4 is 4.90 Å². The normalized spacial score (nSPS) is 14.4. The summed E-state index contributed by atoms with van der Waals surface area (Å²) in [5, 5.41) is 11.4. The van der Waals surface area contributed by atoms with Crippen LogP contribution in [0, 0.1) is 11.3 Å². The van der Waals surface area contributed by atoms with Crippen LogP contribution in [0.3, 0.4) is 0 Å². The third kappa shape index (κ3) is 4.72. The fraction of sp³-hybridized carbons (Fsp3) is 0.250. The molecule has 0 unspecified atom stereocenters. The van der Waals surface area contributed by atoms with E-state index in [0.717, 1.165) is 43.2 Å². The molecule has 0 aromatic heterocycles. The van der Waals surface area contributed by atoms with Crippen LogP contribution >= 0.6 is 11.8 Å². The molecule has 0 saturated carbocycles. The molecule has 3 aromatic carbocycles. The van der Waals surface area contributed by atoms with E-state index in [9.17, 15) is 4.79 Å². The Bertz CT molecular complexity index is 1040. The number of rotatable bonds is 4. The van der Waals surface area contributed by atoms with Gasteiger partial charge in [-0.3, -0.25) is 4.79 Å². The quantitative estimate of drug-likeness (QED) is 0.602. The van der Waals surface area contributed by atoms with E-state index in [1.54, 1.807) is 11.8 Å². The molecule has 0 radical (unpaired) electrons. The number of benzene rings is 3. The number of thioether (sulfide) groups is 1. The maximum absolute atomic E-state index is 12.8. The number of fused-ring (bicyclic) bond motifs is 1. The first-order valence-electron chi connectivity index (χ1n) is 9.87. The van der Waals surface area contributed by atoms with Gasteiger partial charge in [-0.2, -0.15) is 5.26 Å². The molecule has 1 saturated heterocycles. The summed E-state index contributed by atoms with van der Waals surface area (Å²) >= 11 is 1.61. The van der Waals surface area contributed by atoms with Crippen LogP contribution in [0.5, 0.6) is 0 Å². The monoisotopic (exact) mass is 401 g/mol. The highest BCUT2D eigenvalue weighted by Gasteiger charge is 2.19. The van der Waals surface area contributed by atoms with Crippen molar-refractivity contribution in [2.24, 2.45) is 0 Å². The Morgan fingerprint density at radius 2 is 1.72 bits per heavy atom. The van der Waals surface area contributed by atoms with Crippen molar-refractivity contribution in [2.45, 2.75) is 11.3 Å². The summed E-state index contributed by atoms with van der Waals surface area (Å²) in [5.41, 5.74) is 1.79. The summed E-state index contributed by atoms with van der Waals surface area (Å²) in [6.45, 7) is 3.27. The first-order valence-corrected chi connectivity index (χ1v) is 10.9. The van der Waals surface area contributed by atoms with Crippen molar-refractivity contribution in [3.05, 3.63) is 72.3 Å². The highest BCUT2D eigenvalue weighted by molar-refractivity contribution is 8.00. The highest BCUT2D eigenvalue weighted by Crippen LogP contribution is 2.24. The Morgan fingerprint density at radius 3 is 2.52 bits per heavy atom. The van der Waals surface area contributed by atoms with E-state index < -0.39 is 0 Å². The molecule has 4 nitrogen and oxygen atoms in total. The number of hydrogen-bond donors (Lipinski definition) is 0. The number of nitriles is 1. The minimum atomic E-state index is 0.199. The van der Waals surface area contributed by atoms with Crippen molar-refractivity contribution in [1.29, 1.82) is 5.26 Å². The molecule has 1 heterocycles. The number of anilines is 1. The van der Waals surface area contributed by atoms with Gasteiger partial charge in [-0.1, -0.05) is 30.3 Å². The van der Waals surface area contributed by atoms with Crippen molar-refractivity contribution < 1.29 is 4.79 Å². The van der Waals surface area contributed by atoms with Gasteiger partial charge in [0.1, 0.15) is 0 Å². The zero-order valence-electron chi connectivity index (χ0n) is 16.3. The number of carbonyl (C=O) groups excluding carboxylic acids is 1. The van der Waals surface area contributed by atoms with Crippen LogP contribution in [0.15, 0.2) is 71.6 Å². The van der Waals surface area contributed by atoms with E-state index in [1.807, 2.05) is 41.3 Å². The van der Waals surface area contributed by atoms with Crippen molar-refractivity contribution in [1.82, 2.24) is 4.90 Å². The number of hydrogen-bond acceptors (Lipinski definition) is 4. The van der Waals surface area contributed by atoms with E-state index in [0.29, 0.717) is 11.3 Å². The number of amides is 1. The van der Waals surface area contributed by atoms with Gasteiger partial charge in [0.05, 0.1) is 17.4 Å². The summed E-state index contributed by atoms with van der Waals surface area (Å²) in [5.74, 6) is 0.666. The molecular weight excluding hydrogens is 378 g/mol. The highest BCUT2D eigenvalue weighted by atomic mass is 32.2. The van der Waals surface area contributed by atoms with Gasteiger partial charge in [0.2, 0.25) is 5.91 Å². The lowest BCUT2D eigenvalue weighted by Crippen LogP contribution is -2.36. The van der Waals surface area contributed by atoms with Crippen molar-refractivity contribution in [2.75, 3.05) is 36.8 Å². The molecule has 5 heteroatoms. The van der Waals surface area contributed by atoms with Crippen LogP contribution in [0.1, 0.15) is 12.0 Å². The predicted molar refractivity (Wildman–Crippen MR) is 119 cm³/mol. The zero-order valence-corrected chi connectivity index (χ0v) is 17.1. The fourth-order valence-electron chi connectivity index (χ4n) is 3.67. The van der Waals surface area contributed by atoms with Gasteiger partial charge >= 0.3 is 0 Å². The third-order valence-corrected chi connectivity index (χ3v) is 6.27. The van der Waals surface area contributed by atoms with Crippen LogP contribution in [0.4, 0.5) is 5.69 Å². The molecule has 4 rings (SSSR count). The summed E-state index contributed by atoms with van der Waals surface area (Å²) in [6.07, 6.45) is 0.951. The second-order valence-corrected chi connectivity index (χ2v) is 8.23. The largest absolute Gasteiger partial charge is 0.370 e. The predicted octanol–water partition coefficient (Wildman–Crippen LogP) is 4.54. The maximum Gasteiger partial charge on any atom is 0.232 e. The Kier molecular flexibility index (Phi) is 6.02. The number of carbonyl (C=O) groups is 1. The van der Waals surface area contributed by atoms with Crippen molar-refractivity contribution in [3.63, 3.8) is 0 Å². The van der Waals surface area contributed by atoms with Gasteiger partial charge in [-0.25, -0.2) is 0 Å². The maximum atomic E-state index is 12.8. The molecule has 0 spiro atoms. The second kappa shape index (κ2) is 9.02. The molecular formula is C24H23N3OS. The van der Waals surface area contributed by atoms with Crippen LogP contribution in [0.25, 0.3) is 10.8 Å². The Balaban J connectivity index is 1.33. The Morgan fingerprint density at radius 1 is 0.931 bits per heavy atom. The topological polar surface area (TPSA) is 47.3 Å². The first kappa shape index (κ1) is 19.4. The minimum absolute atomic E-state index is 0.199. The molecule has 0 N–H and O–H groups in total. The molecule has 1 aliphatic rings. The van der Waals surface area contributed by atoms with E-state index in [2.05, 4.69) is 41.3 Å². The average Bonchev–Trinajstić information content (AvgIpc) is 3.04. The molecule has 0 bridgehead atoms. The van der Waals surface area contributed by atoms with Gasteiger partial charge in [-0.05, 0) is 53.6 Å². The van der Waals surface area contributed by atoms with Crippen LogP contribution in [-0.2, 0) is 4.79 Å². The number of nitrogens with zero attached hydrogens (tertiary/aromatic N) is 3. The van der Waals surface area contributed by atoms with Gasteiger partial charge < -0.3 is 9.80 Å². The summed E-state index contributed by atoms with van der Waals surface area (Å²) in [6, 6.07) is 24.5. The molecule has 29 heavy (non-hydrogen) atoms. The Hall–Kier alpha value is -2.97. The van der Waals surface area contributed by atoms with Gasteiger partial charge in [0, 0.05) is 36.8 Å². The summed E-state index contributed by atoms with van der Waals surface area (Å²) in [4.78, 5) is 18.2. The summed E-state index contributed by atoms with van der Waals surface area (Å²) < 4.78 is 0. The van der Waals surface area contributed by atoms with Crippen molar-refractivity contribution >= 4 is 34.1 Å². The lowest BCUT2D eigenvalue weighted by atomic mass is 10.1. The van der Waals surface area contributed by atoms with E-state index in [1.165, 1.54) is 10.8 Å². The Labute approximate surface area is 175 Å². The molecule has 1 aliphatic heterocycles. The van der Waals surface area contributed by atoms with E-state index in [-0.39, 0.29) is 5.91 Å². The zero-order chi connectivity index (χ0) is 20.1. The molecule has 0 aliphatic carbocycles. The standard InChI is InChI=1S/C24H23N3OS/c25-17-19-6-9-22(10-7-19)26-12-3-13-27(15-14-26)24(28)18-29-23-11-8-20-4-1-2-5-21(20)16-23/h1-2,4-11,16H,3,12-15,18H2. The molecule has 3 aromatic rings. The molecule has 146 valence electrons. The SMILES string of the molecule is N#Cc1ccc(N2CCCN(C(=O)CSc3ccc4ccccc4c3)CC2)cc1. The van der Waals surface area contributed by atoms with Gasteiger partial charge in [-0.15, -0.1) is 11.8 Å². The van der Waals surface area contributed by atoms with Crippen molar-refractivity contribution in [3.8, 4) is 6.07 Å². The lowest BCUT2D eigenvalue weighted by Gasteiger charge is -2.23. The van der Waals surface area contributed by atoms with Crippen LogP contribution in [0.2, 0.25) is 0 Å². The first-order chi connectivity index (χ1) is 14.2. The molecule has 1 amide bonds. The fourth-order valence-corrected chi connectivity index (χ4v) is 4.51. The second-order valence-electron chi connectivity index (χ2n) is 7.18. The van der Waals surface area contributed by atoms with Crippen LogP contribution in [-0.4, -0.2) is 42.7 Å². The van der Waals surface area contributed by atoms with E-state index >= 15 is 0 Å². The molecule has 1 fully saturated rings. The van der Waals surface area contributed by atoms with E-state index in [4.69, 9.17) is 5.26 Å². The smallest absolute Gasteiger partial charge is 0.232 e. The van der Waals surface area contributed by atoms with Gasteiger partial charge in [0.15, 0.2) is 0 Å². The third-order valence-electron chi connectivity index (χ3n) is 5.29. The summed E-state index contributed by atoms with van der Waals surface area (Å²) in [7, 11) is 0. The van der Waals surface area contributed by atoms with Gasteiger partial charge in [0.25, 0.3) is 0 Å². The minimum Gasteiger partial charge on any atom is -0.370 e. The lowest BCUT2D eigenvalue weighted by molar-refractivity contribution is -0.128. The molecule has 0 atom stereocenters.